The van der Waals surface area contributed by atoms with E-state index in [9.17, 15) is 0 Å². The predicted octanol–water partition coefficient (Wildman–Crippen LogP) is 2.89. The quantitative estimate of drug-likeness (QED) is 0.848. The molecule has 0 radical (unpaired) electrons. The van der Waals surface area contributed by atoms with Crippen LogP contribution in [0.25, 0.3) is 0 Å². The molecule has 2 aromatic rings. The molecule has 21 heavy (non-hydrogen) atoms. The first kappa shape index (κ1) is 15.7. The molecule has 0 amide bonds. The fourth-order valence-corrected chi connectivity index (χ4v) is 2.39. The number of nitrogens with zero attached hydrogens (tertiary/aromatic N) is 2. The molecule has 0 saturated heterocycles. The van der Waals surface area contributed by atoms with Gasteiger partial charge in [0.05, 0.1) is 18.6 Å². The first-order valence-electron chi connectivity index (χ1n) is 7.30. The van der Waals surface area contributed by atoms with Gasteiger partial charge in [-0.15, -0.1) is 0 Å². The second-order valence-electron chi connectivity index (χ2n) is 5.33. The lowest BCUT2D eigenvalue weighted by molar-refractivity contribution is 0.177. The van der Waals surface area contributed by atoms with E-state index in [0.717, 1.165) is 6.42 Å². The van der Waals surface area contributed by atoms with Gasteiger partial charge in [-0.25, -0.2) is 0 Å². The standard InChI is InChI=1S/C16H23N3O2/c1-4-11(2)14(12-8-6-5-7-9-12)16-18-15(19-21-16)13(17)10-20-3/h5-9,11,13-14H,4,10,17H2,1-3H3. The van der Waals surface area contributed by atoms with E-state index in [1.54, 1.807) is 7.11 Å². The Labute approximate surface area is 125 Å². The molecule has 0 spiro atoms. The Balaban J connectivity index is 2.30. The van der Waals surface area contributed by atoms with Crippen LogP contribution in [0.2, 0.25) is 0 Å². The van der Waals surface area contributed by atoms with E-state index in [-0.39, 0.29) is 12.0 Å². The van der Waals surface area contributed by atoms with Crippen molar-refractivity contribution >= 4 is 0 Å². The lowest BCUT2D eigenvalue weighted by Crippen LogP contribution is -2.18. The van der Waals surface area contributed by atoms with Crippen LogP contribution in [-0.2, 0) is 4.74 Å². The van der Waals surface area contributed by atoms with Crippen LogP contribution < -0.4 is 5.73 Å². The first-order valence-corrected chi connectivity index (χ1v) is 7.30. The Kier molecular flexibility index (Phi) is 5.47. The van der Waals surface area contributed by atoms with Crippen LogP contribution in [0.4, 0.5) is 0 Å². The van der Waals surface area contributed by atoms with Crippen molar-refractivity contribution in [1.29, 1.82) is 0 Å². The van der Waals surface area contributed by atoms with Crippen molar-refractivity contribution in [2.75, 3.05) is 13.7 Å². The van der Waals surface area contributed by atoms with Crippen molar-refractivity contribution in [3.63, 3.8) is 0 Å². The Morgan fingerprint density at radius 3 is 2.62 bits per heavy atom. The normalized spacial score (nSPS) is 15.6. The average Bonchev–Trinajstić information content (AvgIpc) is 2.98. The largest absolute Gasteiger partial charge is 0.383 e. The van der Waals surface area contributed by atoms with E-state index in [1.807, 2.05) is 18.2 Å². The lowest BCUT2D eigenvalue weighted by atomic mass is 9.85. The second-order valence-corrected chi connectivity index (χ2v) is 5.33. The fraction of sp³-hybridized carbons (Fsp3) is 0.500. The van der Waals surface area contributed by atoms with Gasteiger partial charge in [0.1, 0.15) is 0 Å². The minimum absolute atomic E-state index is 0.0900. The zero-order chi connectivity index (χ0) is 15.2. The molecule has 5 heteroatoms. The molecule has 1 heterocycles. The molecule has 0 aliphatic rings. The van der Waals surface area contributed by atoms with Crippen molar-refractivity contribution in [3.8, 4) is 0 Å². The third-order valence-electron chi connectivity index (χ3n) is 3.77. The molecule has 0 bridgehead atoms. The van der Waals surface area contributed by atoms with Crippen LogP contribution in [0.15, 0.2) is 34.9 Å². The van der Waals surface area contributed by atoms with Gasteiger partial charge in [0, 0.05) is 7.11 Å². The van der Waals surface area contributed by atoms with E-state index >= 15 is 0 Å². The van der Waals surface area contributed by atoms with Gasteiger partial charge in [-0.2, -0.15) is 4.98 Å². The summed E-state index contributed by atoms with van der Waals surface area (Å²) in [6.07, 6.45) is 1.03. The number of hydrogen-bond acceptors (Lipinski definition) is 5. The third-order valence-corrected chi connectivity index (χ3v) is 3.77. The van der Waals surface area contributed by atoms with E-state index < -0.39 is 0 Å². The van der Waals surface area contributed by atoms with Crippen LogP contribution in [0.5, 0.6) is 0 Å². The van der Waals surface area contributed by atoms with Gasteiger partial charge in [-0.1, -0.05) is 55.8 Å². The van der Waals surface area contributed by atoms with Gasteiger partial charge in [-0.05, 0) is 11.5 Å². The van der Waals surface area contributed by atoms with Gasteiger partial charge in [0.15, 0.2) is 5.82 Å². The van der Waals surface area contributed by atoms with Gasteiger partial charge in [0.2, 0.25) is 5.89 Å². The fourth-order valence-electron chi connectivity index (χ4n) is 2.39. The maximum Gasteiger partial charge on any atom is 0.234 e. The Morgan fingerprint density at radius 2 is 2.00 bits per heavy atom. The maximum atomic E-state index is 5.96. The third kappa shape index (κ3) is 3.68. The summed E-state index contributed by atoms with van der Waals surface area (Å²) >= 11 is 0. The molecular weight excluding hydrogens is 266 g/mol. The van der Waals surface area contributed by atoms with Gasteiger partial charge >= 0.3 is 0 Å². The summed E-state index contributed by atoms with van der Waals surface area (Å²) in [6.45, 7) is 4.73. The summed E-state index contributed by atoms with van der Waals surface area (Å²) in [5.74, 6) is 1.61. The molecule has 0 aliphatic carbocycles. The second kappa shape index (κ2) is 7.33. The Hall–Kier alpha value is -1.72. The monoisotopic (exact) mass is 289 g/mol. The molecule has 114 valence electrons. The molecular formula is C16H23N3O2. The smallest absolute Gasteiger partial charge is 0.234 e. The Morgan fingerprint density at radius 1 is 1.29 bits per heavy atom. The number of rotatable bonds is 7. The maximum absolute atomic E-state index is 5.96. The summed E-state index contributed by atoms with van der Waals surface area (Å²) in [6, 6.07) is 9.88. The highest BCUT2D eigenvalue weighted by molar-refractivity contribution is 5.25. The van der Waals surface area contributed by atoms with Crippen LogP contribution in [0.3, 0.4) is 0 Å². The number of hydrogen-bond donors (Lipinski definition) is 1. The summed E-state index contributed by atoms with van der Waals surface area (Å²) < 4.78 is 10.5. The predicted molar refractivity (Wildman–Crippen MR) is 80.8 cm³/mol. The van der Waals surface area contributed by atoms with Crippen molar-refractivity contribution in [1.82, 2.24) is 10.1 Å². The van der Waals surface area contributed by atoms with Crippen LogP contribution in [-0.4, -0.2) is 23.9 Å². The van der Waals surface area contributed by atoms with Crippen LogP contribution >= 0.6 is 0 Å². The topological polar surface area (TPSA) is 74.2 Å². The molecule has 3 unspecified atom stereocenters. The van der Waals surface area contributed by atoms with Crippen molar-refractivity contribution < 1.29 is 9.26 Å². The Bertz CT molecular complexity index is 541. The summed E-state index contributed by atoms with van der Waals surface area (Å²) in [4.78, 5) is 4.49. The molecule has 1 aromatic heterocycles. The van der Waals surface area contributed by atoms with Gasteiger partial charge in [-0.3, -0.25) is 0 Å². The molecule has 0 aliphatic heterocycles. The molecule has 2 N–H and O–H groups in total. The zero-order valence-electron chi connectivity index (χ0n) is 12.8. The molecule has 0 saturated carbocycles. The van der Waals surface area contributed by atoms with Crippen molar-refractivity contribution in [2.24, 2.45) is 11.7 Å². The summed E-state index contributed by atoms with van der Waals surface area (Å²) in [5, 5.41) is 4.01. The summed E-state index contributed by atoms with van der Waals surface area (Å²) in [7, 11) is 1.60. The van der Waals surface area contributed by atoms with E-state index in [2.05, 4.69) is 36.1 Å². The molecule has 3 atom stereocenters. The lowest BCUT2D eigenvalue weighted by Gasteiger charge is -2.19. The zero-order valence-corrected chi connectivity index (χ0v) is 12.8. The average molecular weight is 289 g/mol. The highest BCUT2D eigenvalue weighted by atomic mass is 16.5. The highest BCUT2D eigenvalue weighted by Gasteiger charge is 2.27. The van der Waals surface area contributed by atoms with Crippen LogP contribution in [0.1, 0.15) is 49.5 Å². The SMILES string of the molecule is CCC(C)C(c1ccccc1)c1nc(C(N)COC)no1. The van der Waals surface area contributed by atoms with Crippen LogP contribution in [0, 0.1) is 5.92 Å². The minimum Gasteiger partial charge on any atom is -0.383 e. The summed E-state index contributed by atoms with van der Waals surface area (Å²) in [5.41, 5.74) is 7.14. The number of aromatic nitrogens is 2. The van der Waals surface area contributed by atoms with Gasteiger partial charge in [0.25, 0.3) is 0 Å². The van der Waals surface area contributed by atoms with E-state index in [1.165, 1.54) is 5.56 Å². The molecule has 0 fully saturated rings. The van der Waals surface area contributed by atoms with Gasteiger partial charge < -0.3 is 15.0 Å². The number of methoxy groups -OCH3 is 1. The van der Waals surface area contributed by atoms with E-state index in [4.69, 9.17) is 15.0 Å². The molecule has 5 nitrogen and oxygen atoms in total. The number of ether oxygens (including phenoxy) is 1. The van der Waals surface area contributed by atoms with Crippen molar-refractivity contribution in [2.45, 2.75) is 32.2 Å². The number of benzene rings is 1. The highest BCUT2D eigenvalue weighted by Crippen LogP contribution is 2.32. The first-order chi connectivity index (χ1) is 10.2. The van der Waals surface area contributed by atoms with Crippen molar-refractivity contribution in [3.05, 3.63) is 47.6 Å². The van der Waals surface area contributed by atoms with E-state index in [0.29, 0.717) is 24.2 Å². The number of nitrogens with two attached hydrogens (primary N) is 1. The molecule has 2 rings (SSSR count). The molecule has 1 aromatic carbocycles. The minimum atomic E-state index is -0.360.